The lowest BCUT2D eigenvalue weighted by Crippen LogP contribution is -2.36. The molecule has 0 aromatic heterocycles. The van der Waals surface area contributed by atoms with E-state index in [2.05, 4.69) is 26.1 Å². The van der Waals surface area contributed by atoms with Gasteiger partial charge in [-0.15, -0.1) is 0 Å². The van der Waals surface area contributed by atoms with Crippen molar-refractivity contribution < 1.29 is 14.6 Å². The second-order valence-electron chi connectivity index (χ2n) is 6.61. The largest absolute Gasteiger partial charge is 0.496 e. The molecule has 0 saturated carbocycles. The highest BCUT2D eigenvalue weighted by Crippen LogP contribution is 2.18. The number of para-hydroxylation sites is 1. The number of methoxy groups -OCH3 is 1. The third-order valence-corrected chi connectivity index (χ3v) is 3.88. The standard InChI is InChI=1S/C19H33NO3/c1-15(2)8-7-9-16(3)20-12-18(21)14-23-13-17-10-5-6-11-19(17)22-4/h5-6,10-11,15-16,18,20-21H,7-9,12-14H2,1-4H3/t16-,18+/m1/s1. The van der Waals surface area contributed by atoms with E-state index < -0.39 is 6.10 Å². The number of ether oxygens (including phenoxy) is 2. The maximum Gasteiger partial charge on any atom is 0.124 e. The summed E-state index contributed by atoms with van der Waals surface area (Å²) in [7, 11) is 1.65. The van der Waals surface area contributed by atoms with Gasteiger partial charge in [-0.1, -0.05) is 44.9 Å². The fourth-order valence-corrected chi connectivity index (χ4v) is 2.46. The van der Waals surface area contributed by atoms with Crippen LogP contribution in [0.3, 0.4) is 0 Å². The lowest BCUT2D eigenvalue weighted by atomic mass is 10.0. The summed E-state index contributed by atoms with van der Waals surface area (Å²) in [6.45, 7) is 8.01. The number of hydrogen-bond acceptors (Lipinski definition) is 4. The molecule has 0 fully saturated rings. The van der Waals surface area contributed by atoms with Crippen LogP contribution in [0.1, 0.15) is 45.6 Å². The topological polar surface area (TPSA) is 50.7 Å². The van der Waals surface area contributed by atoms with Crippen molar-refractivity contribution in [3.8, 4) is 5.75 Å². The lowest BCUT2D eigenvalue weighted by Gasteiger charge is -2.18. The zero-order valence-electron chi connectivity index (χ0n) is 15.0. The van der Waals surface area contributed by atoms with Crippen molar-refractivity contribution in [1.29, 1.82) is 0 Å². The molecule has 2 N–H and O–H groups in total. The van der Waals surface area contributed by atoms with Gasteiger partial charge in [-0.3, -0.25) is 0 Å². The Morgan fingerprint density at radius 1 is 1.13 bits per heavy atom. The van der Waals surface area contributed by atoms with Crippen molar-refractivity contribution >= 4 is 0 Å². The highest BCUT2D eigenvalue weighted by Gasteiger charge is 2.09. The second-order valence-corrected chi connectivity index (χ2v) is 6.61. The van der Waals surface area contributed by atoms with Crippen molar-refractivity contribution in [1.82, 2.24) is 5.32 Å². The molecule has 0 aliphatic carbocycles. The Hall–Kier alpha value is -1.10. The van der Waals surface area contributed by atoms with Crippen LogP contribution < -0.4 is 10.1 Å². The molecular formula is C19H33NO3. The van der Waals surface area contributed by atoms with Gasteiger partial charge < -0.3 is 19.9 Å². The highest BCUT2D eigenvalue weighted by molar-refractivity contribution is 5.32. The van der Waals surface area contributed by atoms with Gasteiger partial charge in [0.1, 0.15) is 5.75 Å². The van der Waals surface area contributed by atoms with E-state index in [1.54, 1.807) is 7.11 Å². The first-order chi connectivity index (χ1) is 11.0. The minimum absolute atomic E-state index is 0.323. The molecule has 0 amide bonds. The average molecular weight is 323 g/mol. The Balaban J connectivity index is 2.15. The summed E-state index contributed by atoms with van der Waals surface area (Å²) in [4.78, 5) is 0. The fourth-order valence-electron chi connectivity index (χ4n) is 2.46. The number of rotatable bonds is 12. The van der Waals surface area contributed by atoms with Crippen LogP contribution in [0.25, 0.3) is 0 Å². The predicted molar refractivity (Wildman–Crippen MR) is 94.8 cm³/mol. The van der Waals surface area contributed by atoms with Crippen LogP contribution in [-0.2, 0) is 11.3 Å². The molecule has 0 saturated heterocycles. The van der Waals surface area contributed by atoms with Gasteiger partial charge in [-0.05, 0) is 25.3 Å². The number of nitrogens with one attached hydrogen (secondary N) is 1. The number of aliphatic hydroxyl groups is 1. The van der Waals surface area contributed by atoms with Gasteiger partial charge in [-0.25, -0.2) is 0 Å². The zero-order valence-corrected chi connectivity index (χ0v) is 15.0. The van der Waals surface area contributed by atoms with Crippen LogP contribution in [-0.4, -0.2) is 37.5 Å². The Labute approximate surface area is 141 Å². The summed E-state index contributed by atoms with van der Waals surface area (Å²) < 4.78 is 10.9. The van der Waals surface area contributed by atoms with Crippen molar-refractivity contribution in [2.75, 3.05) is 20.3 Å². The number of hydrogen-bond donors (Lipinski definition) is 2. The van der Waals surface area contributed by atoms with Gasteiger partial charge in [-0.2, -0.15) is 0 Å². The van der Waals surface area contributed by atoms with E-state index in [0.717, 1.165) is 23.7 Å². The van der Waals surface area contributed by atoms with Gasteiger partial charge in [0, 0.05) is 18.2 Å². The second kappa shape index (κ2) is 11.4. The van der Waals surface area contributed by atoms with Crippen LogP contribution in [0.2, 0.25) is 0 Å². The van der Waals surface area contributed by atoms with E-state index in [1.807, 2.05) is 24.3 Å². The minimum atomic E-state index is -0.489. The lowest BCUT2D eigenvalue weighted by molar-refractivity contribution is 0.0270. The van der Waals surface area contributed by atoms with E-state index in [4.69, 9.17) is 9.47 Å². The Kier molecular flexibility index (Phi) is 9.92. The fraction of sp³-hybridized carbons (Fsp3) is 0.684. The smallest absolute Gasteiger partial charge is 0.124 e. The molecule has 0 bridgehead atoms. The number of aliphatic hydroxyl groups excluding tert-OH is 1. The first-order valence-corrected chi connectivity index (χ1v) is 8.64. The van der Waals surface area contributed by atoms with E-state index in [0.29, 0.717) is 25.8 Å². The van der Waals surface area contributed by atoms with Crippen LogP contribution in [0.5, 0.6) is 5.75 Å². The molecule has 1 aromatic carbocycles. The predicted octanol–water partition coefficient (Wildman–Crippen LogP) is 3.38. The summed E-state index contributed by atoms with van der Waals surface area (Å²) in [6.07, 6.45) is 3.15. The molecule has 0 spiro atoms. The quantitative estimate of drug-likeness (QED) is 0.619. The van der Waals surface area contributed by atoms with Gasteiger partial charge in [0.15, 0.2) is 0 Å². The van der Waals surface area contributed by atoms with Crippen molar-refractivity contribution in [3.05, 3.63) is 29.8 Å². The molecule has 2 atom stereocenters. The SMILES string of the molecule is COc1ccccc1COC[C@@H](O)CN[C@H](C)CCCC(C)C. The third-order valence-electron chi connectivity index (χ3n) is 3.88. The maximum absolute atomic E-state index is 10.00. The van der Waals surface area contributed by atoms with Gasteiger partial charge in [0.2, 0.25) is 0 Å². The van der Waals surface area contributed by atoms with E-state index >= 15 is 0 Å². The molecule has 0 radical (unpaired) electrons. The first-order valence-electron chi connectivity index (χ1n) is 8.64. The summed E-state index contributed by atoms with van der Waals surface area (Å²) in [6, 6.07) is 8.20. The molecule has 4 nitrogen and oxygen atoms in total. The average Bonchev–Trinajstić information content (AvgIpc) is 2.53. The third kappa shape index (κ3) is 8.94. The normalized spacial score (nSPS) is 14.0. The Morgan fingerprint density at radius 2 is 1.87 bits per heavy atom. The summed E-state index contributed by atoms with van der Waals surface area (Å²) in [5, 5.41) is 13.4. The van der Waals surface area contributed by atoms with E-state index in [1.165, 1.54) is 12.8 Å². The molecule has 132 valence electrons. The summed E-state index contributed by atoms with van der Waals surface area (Å²) in [5.74, 6) is 1.58. The first kappa shape index (κ1) is 19.9. The van der Waals surface area contributed by atoms with Crippen molar-refractivity contribution in [2.45, 2.75) is 58.8 Å². The van der Waals surface area contributed by atoms with E-state index in [-0.39, 0.29) is 0 Å². The van der Waals surface area contributed by atoms with Crippen LogP contribution in [0.4, 0.5) is 0 Å². The van der Waals surface area contributed by atoms with Crippen LogP contribution >= 0.6 is 0 Å². The molecular weight excluding hydrogens is 290 g/mol. The Morgan fingerprint density at radius 3 is 2.57 bits per heavy atom. The minimum Gasteiger partial charge on any atom is -0.496 e. The molecule has 0 aliphatic heterocycles. The van der Waals surface area contributed by atoms with Crippen molar-refractivity contribution in [2.24, 2.45) is 5.92 Å². The van der Waals surface area contributed by atoms with Crippen LogP contribution in [0, 0.1) is 5.92 Å². The molecule has 1 rings (SSSR count). The molecule has 23 heavy (non-hydrogen) atoms. The molecule has 0 heterocycles. The summed E-state index contributed by atoms with van der Waals surface area (Å²) >= 11 is 0. The van der Waals surface area contributed by atoms with Crippen LogP contribution in [0.15, 0.2) is 24.3 Å². The molecule has 0 aliphatic rings. The molecule has 0 unspecified atom stereocenters. The van der Waals surface area contributed by atoms with Gasteiger partial charge in [0.25, 0.3) is 0 Å². The van der Waals surface area contributed by atoms with Gasteiger partial charge >= 0.3 is 0 Å². The Bertz CT molecular complexity index is 423. The summed E-state index contributed by atoms with van der Waals surface area (Å²) in [5.41, 5.74) is 0.997. The maximum atomic E-state index is 10.00. The number of benzene rings is 1. The van der Waals surface area contributed by atoms with E-state index in [9.17, 15) is 5.11 Å². The highest BCUT2D eigenvalue weighted by atomic mass is 16.5. The van der Waals surface area contributed by atoms with Gasteiger partial charge in [0.05, 0.1) is 26.4 Å². The molecule has 1 aromatic rings. The monoisotopic (exact) mass is 323 g/mol. The zero-order chi connectivity index (χ0) is 17.1. The van der Waals surface area contributed by atoms with Crippen molar-refractivity contribution in [3.63, 3.8) is 0 Å². The molecule has 4 heteroatoms.